The molecule has 1 aromatic heterocycles. The molecule has 0 saturated carbocycles. The quantitative estimate of drug-likeness (QED) is 0.871. The van der Waals surface area contributed by atoms with Crippen LogP contribution in [0.4, 0.5) is 0 Å². The summed E-state index contributed by atoms with van der Waals surface area (Å²) in [6.45, 7) is 7.77. The van der Waals surface area contributed by atoms with Gasteiger partial charge in [-0.2, -0.15) is 0 Å². The van der Waals surface area contributed by atoms with Gasteiger partial charge in [0.25, 0.3) is 0 Å². The molecular formula is C19H23N3O2. The zero-order valence-corrected chi connectivity index (χ0v) is 14.5. The van der Waals surface area contributed by atoms with Crippen LogP contribution in [0.1, 0.15) is 38.8 Å². The first-order chi connectivity index (χ1) is 11.5. The molecule has 5 nitrogen and oxygen atoms in total. The molecule has 0 radical (unpaired) electrons. The van der Waals surface area contributed by atoms with Crippen molar-refractivity contribution in [1.82, 2.24) is 14.5 Å². The van der Waals surface area contributed by atoms with Crippen molar-refractivity contribution < 1.29 is 9.53 Å². The van der Waals surface area contributed by atoms with E-state index >= 15 is 0 Å². The first-order valence-corrected chi connectivity index (χ1v) is 8.60. The number of nitrogens with zero attached hydrogens (tertiary/aromatic N) is 3. The van der Waals surface area contributed by atoms with E-state index in [2.05, 4.69) is 35.5 Å². The summed E-state index contributed by atoms with van der Waals surface area (Å²) in [5, 5.41) is 0. The highest BCUT2D eigenvalue weighted by Crippen LogP contribution is 2.37. The zero-order chi connectivity index (χ0) is 16.9. The fourth-order valence-corrected chi connectivity index (χ4v) is 3.82. The van der Waals surface area contributed by atoms with Crippen molar-refractivity contribution in [2.75, 3.05) is 13.1 Å². The monoisotopic (exact) mass is 325 g/mol. The fourth-order valence-electron chi connectivity index (χ4n) is 3.82. The van der Waals surface area contributed by atoms with E-state index in [9.17, 15) is 4.79 Å². The molecule has 0 bridgehead atoms. The second-order valence-corrected chi connectivity index (χ2v) is 7.31. The van der Waals surface area contributed by atoms with Gasteiger partial charge in [0.2, 0.25) is 5.91 Å². The van der Waals surface area contributed by atoms with Crippen LogP contribution < -0.4 is 4.74 Å². The van der Waals surface area contributed by atoms with Gasteiger partial charge in [-0.05, 0) is 44.5 Å². The molecule has 0 spiro atoms. The van der Waals surface area contributed by atoms with Gasteiger partial charge in [0.15, 0.2) is 0 Å². The van der Waals surface area contributed by atoms with E-state index in [1.165, 1.54) is 5.56 Å². The van der Waals surface area contributed by atoms with Crippen LogP contribution in [-0.4, -0.2) is 39.0 Å². The molecule has 1 fully saturated rings. The van der Waals surface area contributed by atoms with Gasteiger partial charge in [-0.1, -0.05) is 0 Å². The summed E-state index contributed by atoms with van der Waals surface area (Å²) in [5.41, 5.74) is 2.17. The van der Waals surface area contributed by atoms with Crippen LogP contribution in [0.25, 0.3) is 11.4 Å². The van der Waals surface area contributed by atoms with Crippen molar-refractivity contribution in [3.8, 4) is 17.1 Å². The van der Waals surface area contributed by atoms with E-state index in [-0.39, 0.29) is 17.6 Å². The highest BCUT2D eigenvalue weighted by Gasteiger charge is 2.32. The fraction of sp³-hybridized carbons (Fsp3) is 0.474. The molecule has 0 aliphatic carbocycles. The molecule has 1 aromatic carbocycles. The largest absolute Gasteiger partial charge is 0.487 e. The molecule has 1 saturated heterocycles. The number of hydrogen-bond donors (Lipinski definition) is 0. The molecule has 5 heteroatoms. The lowest BCUT2D eigenvalue weighted by atomic mass is 10.00. The summed E-state index contributed by atoms with van der Waals surface area (Å²) in [6, 6.07) is 6.44. The number of likely N-dealkylation sites (N-methyl/N-ethyl adjacent to an activating group) is 1. The summed E-state index contributed by atoms with van der Waals surface area (Å²) in [5.74, 6) is 2.12. The number of amides is 1. The molecule has 0 N–H and O–H groups in total. The Kier molecular flexibility index (Phi) is 3.41. The Labute approximate surface area is 142 Å². The van der Waals surface area contributed by atoms with Crippen LogP contribution in [0.15, 0.2) is 30.6 Å². The lowest BCUT2D eigenvalue weighted by Gasteiger charge is -2.17. The van der Waals surface area contributed by atoms with E-state index in [0.717, 1.165) is 36.6 Å². The number of likely N-dealkylation sites (tertiary alicyclic amines) is 1. The lowest BCUT2D eigenvalue weighted by Crippen LogP contribution is -2.24. The van der Waals surface area contributed by atoms with Crippen molar-refractivity contribution in [3.63, 3.8) is 0 Å². The number of carbonyl (C=O) groups excluding carboxylic acids is 1. The number of rotatable bonds is 3. The Balaban J connectivity index is 1.66. The topological polar surface area (TPSA) is 47.4 Å². The number of hydrogen-bond acceptors (Lipinski definition) is 3. The van der Waals surface area contributed by atoms with Gasteiger partial charge in [-0.15, -0.1) is 0 Å². The van der Waals surface area contributed by atoms with Gasteiger partial charge in [-0.25, -0.2) is 4.98 Å². The molecule has 1 amide bonds. The van der Waals surface area contributed by atoms with Gasteiger partial charge in [-0.3, -0.25) is 4.79 Å². The molecule has 2 aliphatic rings. The number of imidazole rings is 1. The van der Waals surface area contributed by atoms with Crippen molar-refractivity contribution in [1.29, 1.82) is 0 Å². The molecule has 3 heterocycles. The molecule has 2 aliphatic heterocycles. The Morgan fingerprint density at radius 3 is 2.96 bits per heavy atom. The molecule has 24 heavy (non-hydrogen) atoms. The number of fused-ring (bicyclic) bond motifs is 1. The summed E-state index contributed by atoms with van der Waals surface area (Å²) in [4.78, 5) is 18.5. The maximum atomic E-state index is 12.1. The maximum absolute atomic E-state index is 12.1. The highest BCUT2D eigenvalue weighted by atomic mass is 16.5. The Bertz CT molecular complexity index is 794. The molecule has 1 unspecified atom stereocenters. The van der Waals surface area contributed by atoms with Crippen molar-refractivity contribution in [3.05, 3.63) is 36.2 Å². The van der Waals surface area contributed by atoms with Crippen LogP contribution in [-0.2, 0) is 11.2 Å². The maximum Gasteiger partial charge on any atom is 0.224 e. The Hall–Kier alpha value is -2.30. The Morgan fingerprint density at radius 1 is 1.38 bits per heavy atom. The third kappa shape index (κ3) is 2.48. The summed E-state index contributed by atoms with van der Waals surface area (Å²) in [7, 11) is 0. The van der Waals surface area contributed by atoms with E-state index < -0.39 is 0 Å². The van der Waals surface area contributed by atoms with Gasteiger partial charge in [0.05, 0.1) is 6.04 Å². The third-order valence-electron chi connectivity index (χ3n) is 4.96. The van der Waals surface area contributed by atoms with E-state index in [1.807, 2.05) is 30.3 Å². The van der Waals surface area contributed by atoms with Crippen LogP contribution >= 0.6 is 0 Å². The van der Waals surface area contributed by atoms with E-state index in [1.54, 1.807) is 0 Å². The van der Waals surface area contributed by atoms with Gasteiger partial charge >= 0.3 is 0 Å². The number of aromatic nitrogens is 2. The van der Waals surface area contributed by atoms with Crippen molar-refractivity contribution in [2.45, 2.75) is 45.3 Å². The molecular weight excluding hydrogens is 302 g/mol. The van der Waals surface area contributed by atoms with Gasteiger partial charge in [0.1, 0.15) is 17.2 Å². The summed E-state index contributed by atoms with van der Waals surface area (Å²) < 4.78 is 8.11. The van der Waals surface area contributed by atoms with Gasteiger partial charge in [0, 0.05) is 43.9 Å². The first-order valence-electron chi connectivity index (χ1n) is 8.60. The predicted octanol–water partition coefficient (Wildman–Crippen LogP) is 3.06. The lowest BCUT2D eigenvalue weighted by molar-refractivity contribution is -0.127. The zero-order valence-electron chi connectivity index (χ0n) is 14.5. The minimum atomic E-state index is -0.143. The standard InChI is InChI=1S/C19H23N3O2/c1-4-21-12-15(10-17(21)23)22-8-7-20-18(22)13-5-6-16-14(9-13)11-19(2,3)24-16/h5-9,15H,4,10-12H2,1-3H3. The highest BCUT2D eigenvalue weighted by molar-refractivity contribution is 5.79. The first kappa shape index (κ1) is 15.2. The molecule has 2 aromatic rings. The van der Waals surface area contributed by atoms with Crippen LogP contribution in [0, 0.1) is 0 Å². The Morgan fingerprint density at radius 2 is 2.21 bits per heavy atom. The second-order valence-electron chi connectivity index (χ2n) is 7.31. The summed E-state index contributed by atoms with van der Waals surface area (Å²) >= 11 is 0. The smallest absolute Gasteiger partial charge is 0.224 e. The van der Waals surface area contributed by atoms with Crippen LogP contribution in [0.5, 0.6) is 5.75 Å². The average molecular weight is 325 g/mol. The SMILES string of the molecule is CCN1CC(n2ccnc2-c2ccc3c(c2)CC(C)(C)O3)CC1=O. The number of carbonyl (C=O) groups is 1. The number of ether oxygens (including phenoxy) is 1. The van der Waals surface area contributed by atoms with Crippen LogP contribution in [0.3, 0.4) is 0 Å². The van der Waals surface area contributed by atoms with Crippen LogP contribution in [0.2, 0.25) is 0 Å². The number of benzene rings is 1. The van der Waals surface area contributed by atoms with Crippen molar-refractivity contribution in [2.24, 2.45) is 0 Å². The molecule has 1 atom stereocenters. The second kappa shape index (κ2) is 5.36. The average Bonchev–Trinajstić information content (AvgIpc) is 3.20. The van der Waals surface area contributed by atoms with Crippen molar-refractivity contribution >= 4 is 5.91 Å². The summed E-state index contributed by atoms with van der Waals surface area (Å²) in [6.07, 6.45) is 5.27. The van der Waals surface area contributed by atoms with Gasteiger partial charge < -0.3 is 14.2 Å². The molecule has 4 rings (SSSR count). The minimum absolute atomic E-state index is 0.143. The molecule has 126 valence electrons. The normalized spacial score (nSPS) is 21.9. The van der Waals surface area contributed by atoms with E-state index in [4.69, 9.17) is 4.74 Å². The predicted molar refractivity (Wildman–Crippen MR) is 92.0 cm³/mol. The third-order valence-corrected chi connectivity index (χ3v) is 4.96. The van der Waals surface area contributed by atoms with E-state index in [0.29, 0.717) is 6.42 Å². The minimum Gasteiger partial charge on any atom is -0.487 e.